The summed E-state index contributed by atoms with van der Waals surface area (Å²) in [6.45, 7) is 4.89. The third-order valence-electron chi connectivity index (χ3n) is 1.66. The minimum Gasteiger partial charge on any atom is -0.382 e. The lowest BCUT2D eigenvalue weighted by molar-refractivity contribution is 0.0488. The number of hydrogen-bond acceptors (Lipinski definition) is 3. The molecule has 3 heteroatoms. The third-order valence-corrected chi connectivity index (χ3v) is 2.50. The molecule has 1 rings (SSSR count). The van der Waals surface area contributed by atoms with Gasteiger partial charge < -0.3 is 5.11 Å². The molecule has 0 amide bonds. The molecule has 0 saturated heterocycles. The Kier molecular flexibility index (Phi) is 2.35. The fraction of sp³-hybridized carbons (Fsp3) is 0.444. The summed E-state index contributed by atoms with van der Waals surface area (Å²) in [6.07, 6.45) is 0. The SMILES string of the molecule is Cc1sccc1C(=O)C(C)(C)O. The monoisotopic (exact) mass is 184 g/mol. The van der Waals surface area contributed by atoms with Crippen LogP contribution in [0.15, 0.2) is 11.4 Å². The van der Waals surface area contributed by atoms with Crippen molar-refractivity contribution in [2.75, 3.05) is 0 Å². The first kappa shape index (κ1) is 9.42. The zero-order chi connectivity index (χ0) is 9.35. The molecule has 0 saturated carbocycles. The van der Waals surface area contributed by atoms with Gasteiger partial charge in [0.1, 0.15) is 5.60 Å². The summed E-state index contributed by atoms with van der Waals surface area (Å²) in [6, 6.07) is 1.75. The van der Waals surface area contributed by atoms with Crippen LogP contribution in [-0.2, 0) is 0 Å². The minimum atomic E-state index is -1.26. The molecule has 2 nitrogen and oxygen atoms in total. The highest BCUT2D eigenvalue weighted by molar-refractivity contribution is 7.10. The van der Waals surface area contributed by atoms with Crippen molar-refractivity contribution in [3.8, 4) is 0 Å². The highest BCUT2D eigenvalue weighted by atomic mass is 32.1. The van der Waals surface area contributed by atoms with Gasteiger partial charge in [-0.3, -0.25) is 4.79 Å². The molecule has 0 spiro atoms. The fourth-order valence-electron chi connectivity index (χ4n) is 0.950. The molecule has 0 bridgehead atoms. The van der Waals surface area contributed by atoms with Crippen LogP contribution in [0.3, 0.4) is 0 Å². The van der Waals surface area contributed by atoms with E-state index in [1.165, 1.54) is 25.2 Å². The van der Waals surface area contributed by atoms with Gasteiger partial charge in [-0.15, -0.1) is 11.3 Å². The molecule has 0 fully saturated rings. The zero-order valence-electron chi connectivity index (χ0n) is 7.42. The van der Waals surface area contributed by atoms with E-state index in [0.717, 1.165) is 4.88 Å². The predicted octanol–water partition coefficient (Wildman–Crippen LogP) is 2.01. The maximum Gasteiger partial charge on any atom is 0.194 e. The minimum absolute atomic E-state index is 0.207. The average molecular weight is 184 g/mol. The van der Waals surface area contributed by atoms with Crippen molar-refractivity contribution in [2.24, 2.45) is 0 Å². The molecule has 0 aliphatic heterocycles. The van der Waals surface area contributed by atoms with Crippen molar-refractivity contribution in [2.45, 2.75) is 26.4 Å². The van der Waals surface area contributed by atoms with Gasteiger partial charge in [0, 0.05) is 10.4 Å². The van der Waals surface area contributed by atoms with E-state index in [9.17, 15) is 9.90 Å². The summed E-state index contributed by atoms with van der Waals surface area (Å²) in [5.74, 6) is -0.207. The van der Waals surface area contributed by atoms with Gasteiger partial charge in [0.05, 0.1) is 0 Å². The number of ketones is 1. The highest BCUT2D eigenvalue weighted by Crippen LogP contribution is 2.20. The first-order chi connectivity index (χ1) is 5.43. The number of thiophene rings is 1. The van der Waals surface area contributed by atoms with E-state index in [1.54, 1.807) is 6.07 Å². The molecule has 1 aromatic heterocycles. The maximum atomic E-state index is 11.5. The zero-order valence-corrected chi connectivity index (χ0v) is 8.23. The Morgan fingerprint density at radius 1 is 1.58 bits per heavy atom. The quantitative estimate of drug-likeness (QED) is 0.714. The summed E-state index contributed by atoms with van der Waals surface area (Å²) in [4.78, 5) is 12.5. The van der Waals surface area contributed by atoms with Crippen LogP contribution < -0.4 is 0 Å². The molecule has 12 heavy (non-hydrogen) atoms. The van der Waals surface area contributed by atoms with Crippen LogP contribution in [0.4, 0.5) is 0 Å². The number of rotatable bonds is 2. The van der Waals surface area contributed by atoms with Crippen LogP contribution in [-0.4, -0.2) is 16.5 Å². The highest BCUT2D eigenvalue weighted by Gasteiger charge is 2.26. The molecule has 0 atom stereocenters. The first-order valence-corrected chi connectivity index (χ1v) is 4.62. The molecule has 0 unspecified atom stereocenters. The summed E-state index contributed by atoms with van der Waals surface area (Å²) < 4.78 is 0. The molecule has 1 N–H and O–H groups in total. The Balaban J connectivity index is 3.01. The van der Waals surface area contributed by atoms with Gasteiger partial charge in [-0.05, 0) is 32.2 Å². The van der Waals surface area contributed by atoms with Crippen LogP contribution >= 0.6 is 11.3 Å². The molecule has 1 aromatic rings. The number of aliphatic hydroxyl groups is 1. The van der Waals surface area contributed by atoms with E-state index in [0.29, 0.717) is 5.56 Å². The molecule has 66 valence electrons. The lowest BCUT2D eigenvalue weighted by Gasteiger charge is -2.14. The second kappa shape index (κ2) is 2.99. The Morgan fingerprint density at radius 2 is 2.17 bits per heavy atom. The smallest absolute Gasteiger partial charge is 0.194 e. The average Bonchev–Trinajstić information content (AvgIpc) is 2.31. The van der Waals surface area contributed by atoms with E-state index in [1.807, 2.05) is 12.3 Å². The first-order valence-electron chi connectivity index (χ1n) is 3.74. The molecule has 0 aliphatic carbocycles. The largest absolute Gasteiger partial charge is 0.382 e. The topological polar surface area (TPSA) is 37.3 Å². The number of carbonyl (C=O) groups is 1. The van der Waals surface area contributed by atoms with Crippen LogP contribution in [0, 0.1) is 6.92 Å². The fourth-order valence-corrected chi connectivity index (χ4v) is 1.65. The Bertz CT molecular complexity index is 294. The molecular weight excluding hydrogens is 172 g/mol. The van der Waals surface area contributed by atoms with E-state index in [4.69, 9.17) is 0 Å². The summed E-state index contributed by atoms with van der Waals surface area (Å²) in [5, 5.41) is 11.3. The van der Waals surface area contributed by atoms with Gasteiger partial charge in [0.15, 0.2) is 5.78 Å². The second-order valence-electron chi connectivity index (χ2n) is 3.28. The lowest BCUT2D eigenvalue weighted by atomic mass is 9.98. The van der Waals surface area contributed by atoms with Gasteiger partial charge in [-0.1, -0.05) is 0 Å². The van der Waals surface area contributed by atoms with Gasteiger partial charge in [-0.25, -0.2) is 0 Å². The summed E-state index contributed by atoms with van der Waals surface area (Å²) in [7, 11) is 0. The van der Waals surface area contributed by atoms with Crippen LogP contribution in [0.1, 0.15) is 29.1 Å². The standard InChI is InChI=1S/C9H12O2S/c1-6-7(4-5-12-6)8(10)9(2,3)11/h4-5,11H,1-3H3. The van der Waals surface area contributed by atoms with Crippen LogP contribution in [0.5, 0.6) is 0 Å². The van der Waals surface area contributed by atoms with Crippen molar-refractivity contribution in [1.29, 1.82) is 0 Å². The van der Waals surface area contributed by atoms with E-state index in [-0.39, 0.29) is 5.78 Å². The predicted molar refractivity (Wildman–Crippen MR) is 49.7 cm³/mol. The lowest BCUT2D eigenvalue weighted by Crippen LogP contribution is -2.31. The molecule has 0 radical (unpaired) electrons. The Labute approximate surface area is 75.9 Å². The number of hydrogen-bond donors (Lipinski definition) is 1. The van der Waals surface area contributed by atoms with Crippen molar-refractivity contribution in [1.82, 2.24) is 0 Å². The summed E-state index contributed by atoms with van der Waals surface area (Å²) in [5.41, 5.74) is -0.626. The van der Waals surface area contributed by atoms with E-state index >= 15 is 0 Å². The van der Waals surface area contributed by atoms with E-state index < -0.39 is 5.60 Å². The second-order valence-corrected chi connectivity index (χ2v) is 4.40. The van der Waals surface area contributed by atoms with Gasteiger partial charge in [-0.2, -0.15) is 0 Å². The van der Waals surface area contributed by atoms with Crippen LogP contribution in [0.25, 0.3) is 0 Å². The Hall–Kier alpha value is -0.670. The molecule has 0 aromatic carbocycles. The van der Waals surface area contributed by atoms with Crippen molar-refractivity contribution < 1.29 is 9.90 Å². The maximum absolute atomic E-state index is 11.5. The molecule has 0 aliphatic rings. The third kappa shape index (κ3) is 1.73. The van der Waals surface area contributed by atoms with Gasteiger partial charge >= 0.3 is 0 Å². The normalized spacial score (nSPS) is 11.7. The van der Waals surface area contributed by atoms with Crippen molar-refractivity contribution in [3.63, 3.8) is 0 Å². The van der Waals surface area contributed by atoms with Gasteiger partial charge in [0.2, 0.25) is 0 Å². The molecular formula is C9H12O2S. The van der Waals surface area contributed by atoms with Crippen LogP contribution in [0.2, 0.25) is 0 Å². The van der Waals surface area contributed by atoms with E-state index in [2.05, 4.69) is 0 Å². The number of Topliss-reactive ketones (excluding diaryl/α,β-unsaturated/α-hetero) is 1. The van der Waals surface area contributed by atoms with Gasteiger partial charge in [0.25, 0.3) is 0 Å². The molecule has 1 heterocycles. The Morgan fingerprint density at radius 3 is 2.50 bits per heavy atom. The number of carbonyl (C=O) groups excluding carboxylic acids is 1. The van der Waals surface area contributed by atoms with Crippen molar-refractivity contribution in [3.05, 3.63) is 21.9 Å². The number of aryl methyl sites for hydroxylation is 1. The summed E-state index contributed by atoms with van der Waals surface area (Å²) >= 11 is 1.52. The van der Waals surface area contributed by atoms with Crippen molar-refractivity contribution >= 4 is 17.1 Å².